The average Bonchev–Trinajstić information content (AvgIpc) is 2.33. The molecule has 0 spiro atoms. The van der Waals surface area contributed by atoms with Crippen LogP contribution in [0.4, 0.5) is 5.69 Å². The van der Waals surface area contributed by atoms with Crippen molar-refractivity contribution in [2.24, 2.45) is 0 Å². The summed E-state index contributed by atoms with van der Waals surface area (Å²) in [7, 11) is 0. The predicted octanol–water partition coefficient (Wildman–Crippen LogP) is 2.43. The maximum Gasteiger partial charge on any atom is 0.176 e. The van der Waals surface area contributed by atoms with E-state index in [1.165, 1.54) is 0 Å². The molecule has 3 heteroatoms. The van der Waals surface area contributed by atoms with Crippen LogP contribution in [0.25, 0.3) is 0 Å². The molecule has 0 saturated carbocycles. The second-order valence-corrected chi connectivity index (χ2v) is 4.27. The van der Waals surface area contributed by atoms with Gasteiger partial charge < -0.3 is 5.73 Å². The van der Waals surface area contributed by atoms with Crippen LogP contribution in [0.3, 0.4) is 0 Å². The predicted molar refractivity (Wildman–Crippen MR) is 76.8 cm³/mol. The number of anilines is 1. The van der Waals surface area contributed by atoms with Crippen LogP contribution in [0.1, 0.15) is 15.9 Å². The number of hydrogen-bond donors (Lipinski definition) is 1. The first-order valence-electron chi connectivity index (χ1n) is 5.92. The molecule has 0 amide bonds. The van der Waals surface area contributed by atoms with Crippen molar-refractivity contribution in [2.45, 2.75) is 6.92 Å². The molecule has 0 unspecified atom stereocenters. The number of rotatable bonds is 7. The van der Waals surface area contributed by atoms with E-state index in [0.29, 0.717) is 30.9 Å². The van der Waals surface area contributed by atoms with Crippen LogP contribution in [0.15, 0.2) is 43.5 Å². The van der Waals surface area contributed by atoms with E-state index in [-0.39, 0.29) is 5.78 Å². The van der Waals surface area contributed by atoms with Crippen molar-refractivity contribution in [1.82, 2.24) is 4.90 Å². The Morgan fingerprint density at radius 3 is 2.44 bits per heavy atom. The van der Waals surface area contributed by atoms with Gasteiger partial charge in [-0.15, -0.1) is 13.2 Å². The van der Waals surface area contributed by atoms with Crippen molar-refractivity contribution in [2.75, 3.05) is 25.4 Å². The van der Waals surface area contributed by atoms with E-state index in [4.69, 9.17) is 5.73 Å². The zero-order chi connectivity index (χ0) is 13.5. The van der Waals surface area contributed by atoms with Crippen LogP contribution in [0, 0.1) is 6.92 Å². The number of ketones is 1. The van der Waals surface area contributed by atoms with Gasteiger partial charge in [0.25, 0.3) is 0 Å². The van der Waals surface area contributed by atoms with Gasteiger partial charge in [-0.05, 0) is 18.6 Å². The van der Waals surface area contributed by atoms with Gasteiger partial charge in [0.15, 0.2) is 5.78 Å². The molecule has 1 rings (SSSR count). The molecule has 18 heavy (non-hydrogen) atoms. The molecule has 0 bridgehead atoms. The lowest BCUT2D eigenvalue weighted by molar-refractivity contribution is 0.0945. The Morgan fingerprint density at radius 1 is 1.33 bits per heavy atom. The topological polar surface area (TPSA) is 46.3 Å². The first-order chi connectivity index (χ1) is 8.58. The number of nitrogen functional groups attached to an aromatic ring is 1. The molecule has 0 aliphatic heterocycles. The quantitative estimate of drug-likeness (QED) is 0.455. The van der Waals surface area contributed by atoms with Crippen molar-refractivity contribution in [1.29, 1.82) is 0 Å². The number of hydrogen-bond acceptors (Lipinski definition) is 3. The zero-order valence-corrected chi connectivity index (χ0v) is 10.9. The van der Waals surface area contributed by atoms with E-state index in [0.717, 1.165) is 5.56 Å². The summed E-state index contributed by atoms with van der Waals surface area (Å²) in [6, 6.07) is 5.42. The Kier molecular flexibility index (Phi) is 5.33. The maximum atomic E-state index is 12.1. The molecule has 3 nitrogen and oxygen atoms in total. The molecule has 0 radical (unpaired) electrons. The van der Waals surface area contributed by atoms with E-state index in [1.54, 1.807) is 18.2 Å². The normalized spacial score (nSPS) is 10.3. The summed E-state index contributed by atoms with van der Waals surface area (Å²) < 4.78 is 0. The summed E-state index contributed by atoms with van der Waals surface area (Å²) in [6.45, 7) is 11.0. The van der Waals surface area contributed by atoms with Crippen LogP contribution in [-0.4, -0.2) is 30.3 Å². The number of carbonyl (C=O) groups is 1. The zero-order valence-electron chi connectivity index (χ0n) is 10.9. The minimum Gasteiger partial charge on any atom is -0.398 e. The smallest absolute Gasteiger partial charge is 0.176 e. The third-order valence-electron chi connectivity index (χ3n) is 2.74. The second-order valence-electron chi connectivity index (χ2n) is 4.27. The molecule has 96 valence electrons. The lowest BCUT2D eigenvalue weighted by atomic mass is 10.1. The highest BCUT2D eigenvalue weighted by Crippen LogP contribution is 2.13. The van der Waals surface area contributed by atoms with Gasteiger partial charge >= 0.3 is 0 Å². The molecule has 0 heterocycles. The summed E-state index contributed by atoms with van der Waals surface area (Å²) >= 11 is 0. The summed E-state index contributed by atoms with van der Waals surface area (Å²) in [5.41, 5.74) is 8.10. The number of Topliss-reactive ketones (excluding diaryl/α,β-unsaturated/α-hetero) is 1. The second kappa shape index (κ2) is 6.77. The third-order valence-corrected chi connectivity index (χ3v) is 2.74. The van der Waals surface area contributed by atoms with E-state index < -0.39 is 0 Å². The van der Waals surface area contributed by atoms with E-state index in [2.05, 4.69) is 13.2 Å². The molecule has 0 aromatic heterocycles. The highest BCUT2D eigenvalue weighted by atomic mass is 16.1. The number of nitrogens with zero attached hydrogens (tertiary/aromatic N) is 1. The SMILES string of the molecule is C=CCN(CC=C)CC(=O)c1ccc(C)c(N)c1. The monoisotopic (exact) mass is 244 g/mol. The Morgan fingerprint density at radius 2 is 1.94 bits per heavy atom. The number of aryl methyl sites for hydroxylation is 1. The van der Waals surface area contributed by atoms with Gasteiger partial charge in [0.05, 0.1) is 6.54 Å². The van der Waals surface area contributed by atoms with E-state index in [9.17, 15) is 4.79 Å². The van der Waals surface area contributed by atoms with Gasteiger partial charge in [-0.1, -0.05) is 24.3 Å². The fourth-order valence-electron chi connectivity index (χ4n) is 1.68. The van der Waals surface area contributed by atoms with Gasteiger partial charge in [0, 0.05) is 24.3 Å². The fraction of sp³-hybridized carbons (Fsp3) is 0.267. The highest BCUT2D eigenvalue weighted by molar-refractivity contribution is 5.98. The average molecular weight is 244 g/mol. The molecular formula is C15H20N2O. The standard InChI is InChI=1S/C15H20N2O/c1-4-8-17(9-5-2)11-15(18)13-7-6-12(3)14(16)10-13/h4-7,10H,1-2,8-9,11,16H2,3H3. The first kappa shape index (κ1) is 14.2. The highest BCUT2D eigenvalue weighted by Gasteiger charge is 2.11. The van der Waals surface area contributed by atoms with Gasteiger partial charge in [-0.3, -0.25) is 9.69 Å². The number of carbonyl (C=O) groups excluding carboxylic acids is 1. The van der Waals surface area contributed by atoms with Crippen LogP contribution >= 0.6 is 0 Å². The van der Waals surface area contributed by atoms with Crippen molar-refractivity contribution in [3.8, 4) is 0 Å². The van der Waals surface area contributed by atoms with Crippen LogP contribution in [0.2, 0.25) is 0 Å². The van der Waals surface area contributed by atoms with E-state index >= 15 is 0 Å². The molecular weight excluding hydrogens is 224 g/mol. The number of nitrogens with two attached hydrogens (primary N) is 1. The largest absolute Gasteiger partial charge is 0.398 e. The van der Waals surface area contributed by atoms with E-state index in [1.807, 2.05) is 24.0 Å². The lowest BCUT2D eigenvalue weighted by Gasteiger charge is -2.17. The first-order valence-corrected chi connectivity index (χ1v) is 5.92. The van der Waals surface area contributed by atoms with Crippen molar-refractivity contribution in [3.63, 3.8) is 0 Å². The molecule has 0 aliphatic rings. The summed E-state index contributed by atoms with van der Waals surface area (Å²) in [6.07, 6.45) is 3.56. The van der Waals surface area contributed by atoms with Crippen LogP contribution in [-0.2, 0) is 0 Å². The van der Waals surface area contributed by atoms with Gasteiger partial charge in [0.1, 0.15) is 0 Å². The number of benzene rings is 1. The third kappa shape index (κ3) is 3.86. The molecule has 0 fully saturated rings. The minimum absolute atomic E-state index is 0.0606. The summed E-state index contributed by atoms with van der Waals surface area (Å²) in [5.74, 6) is 0.0606. The fourth-order valence-corrected chi connectivity index (χ4v) is 1.68. The Labute approximate surface area is 109 Å². The Balaban J connectivity index is 2.76. The van der Waals surface area contributed by atoms with Crippen LogP contribution in [0.5, 0.6) is 0 Å². The summed E-state index contributed by atoms with van der Waals surface area (Å²) in [5, 5.41) is 0. The lowest BCUT2D eigenvalue weighted by Crippen LogP contribution is -2.30. The Bertz CT molecular complexity index is 442. The molecule has 1 aromatic carbocycles. The van der Waals surface area contributed by atoms with Crippen molar-refractivity contribution >= 4 is 11.5 Å². The van der Waals surface area contributed by atoms with Crippen molar-refractivity contribution < 1.29 is 4.79 Å². The Hall–Kier alpha value is -1.87. The van der Waals surface area contributed by atoms with Gasteiger partial charge in [-0.25, -0.2) is 0 Å². The molecule has 2 N–H and O–H groups in total. The molecule has 0 atom stereocenters. The maximum absolute atomic E-state index is 12.1. The van der Waals surface area contributed by atoms with Gasteiger partial charge in [-0.2, -0.15) is 0 Å². The molecule has 0 saturated heterocycles. The minimum atomic E-state index is 0.0606. The van der Waals surface area contributed by atoms with Crippen molar-refractivity contribution in [3.05, 3.63) is 54.6 Å². The van der Waals surface area contributed by atoms with Gasteiger partial charge in [0.2, 0.25) is 0 Å². The molecule has 0 aliphatic carbocycles. The molecule has 1 aromatic rings. The van der Waals surface area contributed by atoms with Crippen LogP contribution < -0.4 is 5.73 Å². The summed E-state index contributed by atoms with van der Waals surface area (Å²) in [4.78, 5) is 14.1.